The van der Waals surface area contributed by atoms with Crippen molar-refractivity contribution < 1.29 is 29.9 Å². The van der Waals surface area contributed by atoms with Crippen LogP contribution in [-0.4, -0.2) is 60.1 Å². The van der Waals surface area contributed by atoms with Gasteiger partial charge in [0.05, 0.1) is 13.2 Å². The predicted molar refractivity (Wildman–Crippen MR) is 130 cm³/mol. The van der Waals surface area contributed by atoms with Crippen LogP contribution in [0.2, 0.25) is 0 Å². The number of aliphatic hydroxyl groups excluding tert-OH is 4. The van der Waals surface area contributed by atoms with Gasteiger partial charge in [-0.2, -0.15) is 0 Å². The van der Waals surface area contributed by atoms with E-state index in [-0.39, 0.29) is 39.6 Å². The summed E-state index contributed by atoms with van der Waals surface area (Å²) in [6, 6.07) is 14.8. The first-order valence-electron chi connectivity index (χ1n) is 12.0. The summed E-state index contributed by atoms with van der Waals surface area (Å²) in [5.74, 6) is 0.617. The van der Waals surface area contributed by atoms with Crippen LogP contribution in [0.3, 0.4) is 0 Å². The van der Waals surface area contributed by atoms with E-state index >= 15 is 0 Å². The molecule has 0 unspecified atom stereocenters. The van der Waals surface area contributed by atoms with Crippen LogP contribution >= 0.6 is 0 Å². The van der Waals surface area contributed by atoms with Gasteiger partial charge >= 0.3 is 0 Å². The highest BCUT2D eigenvalue weighted by atomic mass is 16.5. The van der Waals surface area contributed by atoms with Gasteiger partial charge in [0.25, 0.3) is 0 Å². The van der Waals surface area contributed by atoms with Gasteiger partial charge in [-0.1, -0.05) is 81.8 Å². The van der Waals surface area contributed by atoms with E-state index in [4.69, 9.17) is 19.7 Å². The average molecular weight is 461 g/mol. The van der Waals surface area contributed by atoms with Gasteiger partial charge in [-0.25, -0.2) is 0 Å². The minimum atomic E-state index is -0.832. The topological polar surface area (TPSA) is 99.4 Å². The second-order valence-corrected chi connectivity index (χ2v) is 8.52. The van der Waals surface area contributed by atoms with Gasteiger partial charge in [0.15, 0.2) is 0 Å². The Hall–Kier alpha value is -2.12. The van der Waals surface area contributed by atoms with E-state index in [1.165, 1.54) is 38.5 Å². The highest BCUT2D eigenvalue weighted by molar-refractivity contribution is 5.52. The first kappa shape index (κ1) is 27.1. The third-order valence-corrected chi connectivity index (χ3v) is 6.35. The van der Waals surface area contributed by atoms with Crippen molar-refractivity contribution in [1.29, 1.82) is 0 Å². The van der Waals surface area contributed by atoms with Crippen LogP contribution in [0.4, 0.5) is 0 Å². The summed E-state index contributed by atoms with van der Waals surface area (Å²) in [6.07, 6.45) is 9.00. The van der Waals surface area contributed by atoms with Gasteiger partial charge in [0.2, 0.25) is 0 Å². The molecule has 0 atom stereocenters. The quantitative estimate of drug-likeness (QED) is 0.408. The Morgan fingerprint density at radius 1 is 0.667 bits per heavy atom. The van der Waals surface area contributed by atoms with Gasteiger partial charge < -0.3 is 29.9 Å². The normalized spacial score (nSPS) is 13.9. The molecule has 2 aromatic rings. The number of hydrogen-bond acceptors (Lipinski definition) is 6. The standard InChI is InChI=1S/C21H28O6.C6H12/c1-21(16(14-24)15-25,17-6-2-4-8-19(17)26-12-10-22)18-7-3-5-9-20(18)27-13-11-23;1-2-4-6-5-3-1/h2-9,16,22-25H,10-15H2,1H3;1-6H2. The Kier molecular flexibility index (Phi) is 12.3. The van der Waals surface area contributed by atoms with E-state index in [2.05, 4.69) is 0 Å². The maximum absolute atomic E-state index is 10.00. The van der Waals surface area contributed by atoms with Crippen molar-refractivity contribution >= 4 is 0 Å². The summed E-state index contributed by atoms with van der Waals surface area (Å²) in [5.41, 5.74) is 0.708. The summed E-state index contributed by atoms with van der Waals surface area (Å²) in [6.45, 7) is 1.48. The lowest BCUT2D eigenvalue weighted by molar-refractivity contribution is 0.104. The zero-order chi connectivity index (χ0) is 23.9. The highest BCUT2D eigenvalue weighted by Gasteiger charge is 2.41. The molecular weight excluding hydrogens is 420 g/mol. The third-order valence-electron chi connectivity index (χ3n) is 6.35. The monoisotopic (exact) mass is 460 g/mol. The van der Waals surface area contributed by atoms with Crippen LogP contribution in [0.25, 0.3) is 0 Å². The first-order chi connectivity index (χ1) is 16.1. The smallest absolute Gasteiger partial charge is 0.123 e. The average Bonchev–Trinajstić information content (AvgIpc) is 2.88. The fraction of sp³-hybridized carbons (Fsp3) is 0.556. The second kappa shape index (κ2) is 14.9. The van der Waals surface area contributed by atoms with Crippen LogP contribution < -0.4 is 9.47 Å². The molecule has 6 nitrogen and oxygen atoms in total. The SMILES string of the molecule is C1CCCCC1.CC(c1ccccc1OCCO)(c1ccccc1OCCO)C(CO)CO. The number of para-hydroxylation sites is 2. The van der Waals surface area contributed by atoms with Crippen molar-refractivity contribution in [3.05, 3.63) is 59.7 Å². The van der Waals surface area contributed by atoms with Crippen LogP contribution in [0, 0.1) is 5.92 Å². The van der Waals surface area contributed by atoms with Crippen molar-refractivity contribution in [2.45, 2.75) is 50.9 Å². The predicted octanol–water partition coefficient (Wildman–Crippen LogP) is 3.68. The molecule has 0 aliphatic heterocycles. The molecule has 0 bridgehead atoms. The summed E-state index contributed by atoms with van der Waals surface area (Å²) >= 11 is 0. The lowest BCUT2D eigenvalue weighted by Gasteiger charge is -2.39. The molecule has 0 radical (unpaired) electrons. The summed E-state index contributed by atoms with van der Waals surface area (Å²) in [7, 11) is 0. The van der Waals surface area contributed by atoms with E-state index in [1.54, 1.807) is 12.1 Å². The van der Waals surface area contributed by atoms with Crippen LogP contribution in [0.15, 0.2) is 48.5 Å². The Labute approximate surface area is 197 Å². The Morgan fingerprint density at radius 3 is 1.36 bits per heavy atom. The van der Waals surface area contributed by atoms with Crippen LogP contribution in [-0.2, 0) is 5.41 Å². The number of aliphatic hydroxyl groups is 4. The van der Waals surface area contributed by atoms with Crippen molar-refractivity contribution in [3.63, 3.8) is 0 Å². The minimum absolute atomic E-state index is 0.120. The van der Waals surface area contributed by atoms with Gasteiger partial charge in [-0.15, -0.1) is 0 Å². The molecule has 0 amide bonds. The lowest BCUT2D eigenvalue weighted by Crippen LogP contribution is -2.39. The number of ether oxygens (including phenoxy) is 2. The van der Waals surface area contributed by atoms with E-state index in [0.717, 1.165) is 11.1 Å². The Bertz CT molecular complexity index is 723. The number of hydrogen-bond donors (Lipinski definition) is 4. The Morgan fingerprint density at radius 2 is 1.03 bits per heavy atom. The van der Waals surface area contributed by atoms with Gasteiger partial charge in [0, 0.05) is 35.7 Å². The summed E-state index contributed by atoms with van der Waals surface area (Å²) < 4.78 is 11.4. The van der Waals surface area contributed by atoms with Crippen molar-refractivity contribution in [2.75, 3.05) is 39.6 Å². The molecule has 6 heteroatoms. The molecule has 2 aromatic carbocycles. The minimum Gasteiger partial charge on any atom is -0.491 e. The molecule has 4 N–H and O–H groups in total. The molecule has 0 spiro atoms. The van der Waals surface area contributed by atoms with Gasteiger partial charge in [-0.3, -0.25) is 0 Å². The van der Waals surface area contributed by atoms with Crippen molar-refractivity contribution in [3.8, 4) is 11.5 Å². The highest BCUT2D eigenvalue weighted by Crippen LogP contribution is 2.46. The van der Waals surface area contributed by atoms with E-state index < -0.39 is 11.3 Å². The van der Waals surface area contributed by atoms with Crippen LogP contribution in [0.5, 0.6) is 11.5 Å². The zero-order valence-corrected chi connectivity index (χ0v) is 19.8. The summed E-state index contributed by atoms with van der Waals surface area (Å²) in [5, 5.41) is 38.3. The molecular formula is C27H40O6. The third kappa shape index (κ3) is 7.44. The fourth-order valence-corrected chi connectivity index (χ4v) is 4.42. The maximum Gasteiger partial charge on any atom is 0.123 e. The van der Waals surface area contributed by atoms with E-state index in [9.17, 15) is 10.2 Å². The molecule has 1 aliphatic carbocycles. The van der Waals surface area contributed by atoms with Gasteiger partial charge in [-0.05, 0) is 12.1 Å². The largest absolute Gasteiger partial charge is 0.491 e. The first-order valence-corrected chi connectivity index (χ1v) is 12.0. The molecule has 1 fully saturated rings. The molecule has 0 saturated heterocycles. The van der Waals surface area contributed by atoms with Crippen LogP contribution in [0.1, 0.15) is 56.6 Å². The van der Waals surface area contributed by atoms with Crippen molar-refractivity contribution in [2.24, 2.45) is 5.92 Å². The number of rotatable bonds is 11. The fourth-order valence-electron chi connectivity index (χ4n) is 4.42. The van der Waals surface area contributed by atoms with E-state index in [1.807, 2.05) is 43.3 Å². The van der Waals surface area contributed by atoms with Gasteiger partial charge in [0.1, 0.15) is 24.7 Å². The lowest BCUT2D eigenvalue weighted by atomic mass is 9.67. The molecule has 33 heavy (non-hydrogen) atoms. The van der Waals surface area contributed by atoms with E-state index in [0.29, 0.717) is 11.5 Å². The molecule has 0 aromatic heterocycles. The molecule has 0 heterocycles. The maximum atomic E-state index is 10.00. The molecule has 3 rings (SSSR count). The van der Waals surface area contributed by atoms with Crippen molar-refractivity contribution in [1.82, 2.24) is 0 Å². The molecule has 184 valence electrons. The molecule has 1 saturated carbocycles. The second-order valence-electron chi connectivity index (χ2n) is 8.52. The summed E-state index contributed by atoms with van der Waals surface area (Å²) in [4.78, 5) is 0. The zero-order valence-electron chi connectivity index (χ0n) is 19.8. The molecule has 1 aliphatic rings. The Balaban J connectivity index is 0.000000554. The number of benzene rings is 2.